The summed E-state index contributed by atoms with van der Waals surface area (Å²) in [5.74, 6) is 0.209. The van der Waals surface area contributed by atoms with Crippen molar-refractivity contribution in [1.82, 2.24) is 15.0 Å². The maximum atomic E-state index is 11.1. The van der Waals surface area contributed by atoms with E-state index < -0.39 is 23.6 Å². The van der Waals surface area contributed by atoms with E-state index in [0.29, 0.717) is 49.2 Å². The summed E-state index contributed by atoms with van der Waals surface area (Å²) in [5, 5.41) is 23.3. The number of fused-ring (bicyclic) bond motifs is 1. The molecule has 0 aliphatic carbocycles. The van der Waals surface area contributed by atoms with Gasteiger partial charge in [-0.25, -0.2) is 9.59 Å². The Bertz CT molecular complexity index is 865. The Hall–Kier alpha value is -2.81. The predicted octanol–water partition coefficient (Wildman–Crippen LogP) is 1.36. The fourth-order valence-electron chi connectivity index (χ4n) is 3.55. The van der Waals surface area contributed by atoms with Crippen LogP contribution in [-0.4, -0.2) is 50.0 Å². The zero-order valence-electron chi connectivity index (χ0n) is 13.3. The third-order valence-corrected chi connectivity index (χ3v) is 4.92. The second kappa shape index (κ2) is 5.62. The molecule has 1 aromatic carbocycles. The first-order valence-corrected chi connectivity index (χ1v) is 8.01. The third kappa shape index (κ3) is 2.76. The molecule has 0 saturated carbocycles. The van der Waals surface area contributed by atoms with Gasteiger partial charge in [0.2, 0.25) is 0 Å². The van der Waals surface area contributed by atoms with Gasteiger partial charge in [0.25, 0.3) is 0 Å². The van der Waals surface area contributed by atoms with E-state index >= 15 is 0 Å². The van der Waals surface area contributed by atoms with E-state index in [1.165, 1.54) is 4.90 Å². The van der Waals surface area contributed by atoms with E-state index in [4.69, 9.17) is 9.84 Å². The number of H-pyrrole nitrogens is 1. The van der Waals surface area contributed by atoms with Crippen molar-refractivity contribution in [2.24, 2.45) is 0 Å². The number of nitrogens with one attached hydrogen (secondary N) is 1. The first kappa shape index (κ1) is 15.7. The summed E-state index contributed by atoms with van der Waals surface area (Å²) < 4.78 is 10.7. The number of benzene rings is 1. The molecule has 3 heterocycles. The normalized spacial score (nSPS) is 21.6. The van der Waals surface area contributed by atoms with Crippen LogP contribution in [0.4, 0.5) is 4.79 Å². The number of piperidine rings is 1. The number of hydrogen-bond donors (Lipinski definition) is 3. The topological polar surface area (TPSA) is 129 Å². The molecule has 3 N–H and O–H groups in total. The molecule has 132 valence electrons. The summed E-state index contributed by atoms with van der Waals surface area (Å²) in [6.45, 7) is 0.769. The van der Waals surface area contributed by atoms with E-state index in [0.717, 1.165) is 0 Å². The molecule has 1 atom stereocenters. The highest BCUT2D eigenvalue weighted by Crippen LogP contribution is 2.45. The highest BCUT2D eigenvalue weighted by molar-refractivity contribution is 5.65. The second-order valence-electron chi connectivity index (χ2n) is 6.47. The summed E-state index contributed by atoms with van der Waals surface area (Å²) in [6.07, 6.45) is -0.203. The Kier molecular flexibility index (Phi) is 3.53. The zero-order chi connectivity index (χ0) is 17.6. The summed E-state index contributed by atoms with van der Waals surface area (Å²) in [7, 11) is 0. The lowest BCUT2D eigenvalue weighted by molar-refractivity contribution is -0.0501. The average Bonchev–Trinajstić information content (AvgIpc) is 3.01. The highest BCUT2D eigenvalue weighted by atomic mass is 16.5. The van der Waals surface area contributed by atoms with E-state index in [1.807, 2.05) is 0 Å². The molecule has 1 spiro atoms. The van der Waals surface area contributed by atoms with Crippen molar-refractivity contribution < 1.29 is 24.3 Å². The number of carbonyl (C=O) groups is 1. The third-order valence-electron chi connectivity index (χ3n) is 4.92. The minimum absolute atomic E-state index is 0.287. The SMILES string of the molecule is O=C(O)N1CCC2(CC1)CC(O)c1cc(-c3noc(=O)[nH]3)ccc1O2. The number of aliphatic hydroxyl groups excluding tert-OH is 1. The fraction of sp³-hybridized carbons (Fsp3) is 0.438. The number of aromatic nitrogens is 2. The Morgan fingerprint density at radius 1 is 1.36 bits per heavy atom. The number of ether oxygens (including phenoxy) is 1. The second-order valence-corrected chi connectivity index (χ2v) is 6.47. The van der Waals surface area contributed by atoms with Crippen molar-refractivity contribution in [1.29, 1.82) is 0 Å². The molecule has 2 aromatic rings. The van der Waals surface area contributed by atoms with Crippen molar-refractivity contribution >= 4 is 6.09 Å². The van der Waals surface area contributed by atoms with E-state index in [9.17, 15) is 14.7 Å². The molecule has 4 rings (SSSR count). The molecule has 1 aromatic heterocycles. The Labute approximate surface area is 141 Å². The van der Waals surface area contributed by atoms with Gasteiger partial charge in [-0.15, -0.1) is 0 Å². The first-order valence-electron chi connectivity index (χ1n) is 8.01. The molecule has 9 nitrogen and oxygen atoms in total. The summed E-state index contributed by atoms with van der Waals surface area (Å²) in [5.41, 5.74) is 0.679. The van der Waals surface area contributed by atoms with Crippen molar-refractivity contribution in [3.05, 3.63) is 34.3 Å². The van der Waals surface area contributed by atoms with E-state index in [2.05, 4.69) is 14.7 Å². The molecule has 1 unspecified atom stereocenters. The van der Waals surface area contributed by atoms with Crippen LogP contribution in [0.1, 0.15) is 30.9 Å². The molecule has 25 heavy (non-hydrogen) atoms. The first-order chi connectivity index (χ1) is 12.0. The van der Waals surface area contributed by atoms with E-state index in [1.54, 1.807) is 18.2 Å². The van der Waals surface area contributed by atoms with Crippen LogP contribution >= 0.6 is 0 Å². The van der Waals surface area contributed by atoms with Gasteiger partial charge in [-0.2, -0.15) is 0 Å². The van der Waals surface area contributed by atoms with Gasteiger partial charge in [0.1, 0.15) is 11.4 Å². The number of carboxylic acid groups (broad SMARTS) is 1. The quantitative estimate of drug-likeness (QED) is 0.710. The number of nitrogens with zero attached hydrogens (tertiary/aromatic N) is 2. The van der Waals surface area contributed by atoms with Crippen LogP contribution < -0.4 is 10.5 Å². The number of amides is 1. The monoisotopic (exact) mass is 347 g/mol. The number of rotatable bonds is 1. The highest BCUT2D eigenvalue weighted by Gasteiger charge is 2.43. The molecular weight excluding hydrogens is 330 g/mol. The van der Waals surface area contributed by atoms with Crippen LogP contribution in [-0.2, 0) is 0 Å². The molecule has 1 amide bonds. The molecule has 9 heteroatoms. The lowest BCUT2D eigenvalue weighted by Crippen LogP contribution is -2.51. The van der Waals surface area contributed by atoms with Crippen molar-refractivity contribution in [3.8, 4) is 17.1 Å². The minimum Gasteiger partial charge on any atom is -0.487 e. The molecule has 1 saturated heterocycles. The van der Waals surface area contributed by atoms with Crippen LogP contribution in [0.3, 0.4) is 0 Å². The number of aliphatic hydroxyl groups is 1. The summed E-state index contributed by atoms with van der Waals surface area (Å²) in [4.78, 5) is 26.0. The lowest BCUT2D eigenvalue weighted by atomic mass is 9.81. The van der Waals surface area contributed by atoms with Crippen LogP contribution in [0.15, 0.2) is 27.5 Å². The molecule has 0 bridgehead atoms. The Balaban J connectivity index is 1.60. The van der Waals surface area contributed by atoms with Gasteiger partial charge in [-0.05, 0) is 18.2 Å². The molecular formula is C16H17N3O6. The van der Waals surface area contributed by atoms with Crippen LogP contribution in [0.2, 0.25) is 0 Å². The lowest BCUT2D eigenvalue weighted by Gasteiger charge is -2.45. The standard InChI is InChI=1S/C16H17N3O6/c20-11-8-16(3-5-19(6-4-16)15(22)23)24-12-2-1-9(7-10(11)12)13-17-14(21)25-18-13/h1-2,7,11,20H,3-6,8H2,(H,22,23)(H,17,18,21). The molecule has 1 fully saturated rings. The van der Waals surface area contributed by atoms with Crippen molar-refractivity contribution in [3.63, 3.8) is 0 Å². The molecule has 0 radical (unpaired) electrons. The van der Waals surface area contributed by atoms with Crippen LogP contribution in [0.5, 0.6) is 5.75 Å². The summed E-state index contributed by atoms with van der Waals surface area (Å²) in [6, 6.07) is 5.17. The Morgan fingerprint density at radius 2 is 2.12 bits per heavy atom. The molecule has 2 aliphatic heterocycles. The van der Waals surface area contributed by atoms with E-state index in [-0.39, 0.29) is 5.82 Å². The maximum absolute atomic E-state index is 11.1. The molecule has 2 aliphatic rings. The zero-order valence-corrected chi connectivity index (χ0v) is 13.3. The van der Waals surface area contributed by atoms with Gasteiger partial charge < -0.3 is 19.8 Å². The smallest absolute Gasteiger partial charge is 0.439 e. The fourth-order valence-corrected chi connectivity index (χ4v) is 3.55. The van der Waals surface area contributed by atoms with Gasteiger partial charge >= 0.3 is 11.8 Å². The Morgan fingerprint density at radius 3 is 2.76 bits per heavy atom. The maximum Gasteiger partial charge on any atom is 0.439 e. The van der Waals surface area contributed by atoms with Crippen molar-refractivity contribution in [2.45, 2.75) is 31.0 Å². The van der Waals surface area contributed by atoms with Gasteiger partial charge in [-0.1, -0.05) is 5.16 Å². The van der Waals surface area contributed by atoms with Gasteiger partial charge in [0.05, 0.1) is 6.10 Å². The van der Waals surface area contributed by atoms with Gasteiger partial charge in [-0.3, -0.25) is 9.51 Å². The predicted molar refractivity (Wildman–Crippen MR) is 84.3 cm³/mol. The number of aromatic amines is 1. The largest absolute Gasteiger partial charge is 0.487 e. The summed E-state index contributed by atoms with van der Waals surface area (Å²) >= 11 is 0. The van der Waals surface area contributed by atoms with Crippen molar-refractivity contribution in [2.75, 3.05) is 13.1 Å². The number of hydrogen-bond acceptors (Lipinski definition) is 6. The average molecular weight is 347 g/mol. The van der Waals surface area contributed by atoms with Crippen LogP contribution in [0.25, 0.3) is 11.4 Å². The van der Waals surface area contributed by atoms with Crippen LogP contribution in [0, 0.1) is 0 Å². The van der Waals surface area contributed by atoms with Gasteiger partial charge in [0.15, 0.2) is 5.82 Å². The minimum atomic E-state index is -0.933. The van der Waals surface area contributed by atoms with Gasteiger partial charge in [0, 0.05) is 43.5 Å². The number of likely N-dealkylation sites (tertiary alicyclic amines) is 1.